The van der Waals surface area contributed by atoms with Gasteiger partial charge in [-0.25, -0.2) is 4.98 Å². The predicted molar refractivity (Wildman–Crippen MR) is 98.0 cm³/mol. The molecule has 6 nitrogen and oxygen atoms in total. The van der Waals surface area contributed by atoms with Gasteiger partial charge in [0, 0.05) is 6.42 Å². The lowest BCUT2D eigenvalue weighted by atomic mass is 10.3. The second-order valence-electron chi connectivity index (χ2n) is 5.68. The molecule has 26 heavy (non-hydrogen) atoms. The number of aromatic nitrogens is 1. The van der Waals surface area contributed by atoms with Gasteiger partial charge in [-0.05, 0) is 31.2 Å². The average molecular weight is 373 g/mol. The highest BCUT2D eigenvalue weighted by molar-refractivity contribution is 6.33. The van der Waals surface area contributed by atoms with Gasteiger partial charge in [-0.3, -0.25) is 9.59 Å². The first-order valence-corrected chi connectivity index (χ1v) is 8.50. The van der Waals surface area contributed by atoms with Crippen LogP contribution in [0.5, 0.6) is 0 Å². The van der Waals surface area contributed by atoms with Crippen molar-refractivity contribution < 1.29 is 18.7 Å². The molecule has 134 valence electrons. The maximum atomic E-state index is 12.1. The molecule has 1 heterocycles. The Morgan fingerprint density at radius 1 is 1.19 bits per heavy atom. The summed E-state index contributed by atoms with van der Waals surface area (Å²) in [6.45, 7) is 1.50. The van der Waals surface area contributed by atoms with Crippen molar-refractivity contribution >= 4 is 40.3 Å². The Balaban J connectivity index is 1.50. The SMILES string of the molecule is C[C@@H](OC(=O)CCc1nc2ccccc2o1)C(=O)Nc1ccccc1Cl. The van der Waals surface area contributed by atoms with Crippen LogP contribution in [0.4, 0.5) is 5.69 Å². The van der Waals surface area contributed by atoms with E-state index in [2.05, 4.69) is 10.3 Å². The van der Waals surface area contributed by atoms with Gasteiger partial charge >= 0.3 is 5.97 Å². The Morgan fingerprint density at radius 2 is 1.92 bits per heavy atom. The summed E-state index contributed by atoms with van der Waals surface area (Å²) in [6.07, 6.45) is -0.578. The van der Waals surface area contributed by atoms with Crippen LogP contribution in [-0.2, 0) is 20.7 Å². The van der Waals surface area contributed by atoms with Crippen molar-refractivity contribution in [2.45, 2.75) is 25.9 Å². The van der Waals surface area contributed by atoms with Crippen LogP contribution < -0.4 is 5.32 Å². The van der Waals surface area contributed by atoms with E-state index in [1.54, 1.807) is 24.3 Å². The first-order valence-electron chi connectivity index (χ1n) is 8.12. The summed E-state index contributed by atoms with van der Waals surface area (Å²) in [4.78, 5) is 28.4. The molecule has 7 heteroatoms. The van der Waals surface area contributed by atoms with Gasteiger partial charge in [-0.1, -0.05) is 35.9 Å². The molecule has 3 rings (SSSR count). The molecule has 1 amide bonds. The van der Waals surface area contributed by atoms with Gasteiger partial charge in [-0.2, -0.15) is 0 Å². The summed E-state index contributed by atoms with van der Waals surface area (Å²) in [7, 11) is 0. The number of hydrogen-bond donors (Lipinski definition) is 1. The minimum atomic E-state index is -0.942. The van der Waals surface area contributed by atoms with E-state index < -0.39 is 18.0 Å². The van der Waals surface area contributed by atoms with E-state index in [0.29, 0.717) is 28.6 Å². The minimum absolute atomic E-state index is 0.0660. The number of anilines is 1. The Morgan fingerprint density at radius 3 is 2.69 bits per heavy atom. The molecular weight excluding hydrogens is 356 g/mol. The number of halogens is 1. The van der Waals surface area contributed by atoms with Crippen molar-refractivity contribution in [3.63, 3.8) is 0 Å². The van der Waals surface area contributed by atoms with E-state index in [-0.39, 0.29) is 6.42 Å². The topological polar surface area (TPSA) is 81.4 Å². The lowest BCUT2D eigenvalue weighted by Crippen LogP contribution is -2.30. The fourth-order valence-electron chi connectivity index (χ4n) is 2.34. The number of nitrogens with zero attached hydrogens (tertiary/aromatic N) is 1. The first-order chi connectivity index (χ1) is 12.5. The quantitative estimate of drug-likeness (QED) is 0.662. The molecule has 1 atom stereocenters. The van der Waals surface area contributed by atoms with Crippen molar-refractivity contribution in [2.24, 2.45) is 0 Å². The van der Waals surface area contributed by atoms with Gasteiger partial charge < -0.3 is 14.5 Å². The number of carbonyl (C=O) groups is 2. The Hall–Kier alpha value is -2.86. The first kappa shape index (κ1) is 17.9. The Kier molecular flexibility index (Phi) is 5.53. The maximum Gasteiger partial charge on any atom is 0.307 e. The molecule has 0 fully saturated rings. The lowest BCUT2D eigenvalue weighted by molar-refractivity contribution is -0.153. The molecule has 0 unspecified atom stereocenters. The molecule has 1 aromatic heterocycles. The summed E-state index contributed by atoms with van der Waals surface area (Å²) >= 11 is 5.99. The molecule has 0 spiro atoms. The highest BCUT2D eigenvalue weighted by Crippen LogP contribution is 2.21. The zero-order valence-electron chi connectivity index (χ0n) is 14.1. The van der Waals surface area contributed by atoms with Gasteiger partial charge in [-0.15, -0.1) is 0 Å². The number of hydrogen-bond acceptors (Lipinski definition) is 5. The van der Waals surface area contributed by atoms with Crippen LogP contribution in [0, 0.1) is 0 Å². The Labute approximate surface area is 155 Å². The molecule has 0 radical (unpaired) electrons. The molecule has 0 bridgehead atoms. The summed E-state index contributed by atoms with van der Waals surface area (Å²) in [5.74, 6) is -0.501. The monoisotopic (exact) mass is 372 g/mol. The van der Waals surface area contributed by atoms with Crippen LogP contribution in [0.25, 0.3) is 11.1 Å². The number of ether oxygens (including phenoxy) is 1. The zero-order chi connectivity index (χ0) is 18.5. The van der Waals surface area contributed by atoms with Crippen LogP contribution in [0.1, 0.15) is 19.2 Å². The van der Waals surface area contributed by atoms with E-state index in [1.807, 2.05) is 24.3 Å². The van der Waals surface area contributed by atoms with E-state index >= 15 is 0 Å². The molecule has 0 saturated carbocycles. The van der Waals surface area contributed by atoms with Crippen molar-refractivity contribution in [1.29, 1.82) is 0 Å². The molecule has 0 aliphatic rings. The van der Waals surface area contributed by atoms with Crippen molar-refractivity contribution in [2.75, 3.05) is 5.32 Å². The van der Waals surface area contributed by atoms with Gasteiger partial charge in [0.2, 0.25) is 0 Å². The Bertz CT molecular complexity index is 905. The van der Waals surface area contributed by atoms with Crippen LogP contribution in [0.15, 0.2) is 52.9 Å². The van der Waals surface area contributed by atoms with E-state index in [1.165, 1.54) is 6.92 Å². The number of oxazole rings is 1. The van der Waals surface area contributed by atoms with Gasteiger partial charge in [0.1, 0.15) is 5.52 Å². The van der Waals surface area contributed by atoms with Crippen LogP contribution in [-0.4, -0.2) is 23.0 Å². The molecule has 0 saturated heterocycles. The highest BCUT2D eigenvalue weighted by Gasteiger charge is 2.19. The fraction of sp³-hybridized carbons (Fsp3) is 0.211. The number of rotatable bonds is 6. The van der Waals surface area contributed by atoms with Gasteiger partial charge in [0.25, 0.3) is 5.91 Å². The smallest absolute Gasteiger partial charge is 0.307 e. The molecule has 0 aliphatic heterocycles. The second kappa shape index (κ2) is 8.01. The molecule has 2 aromatic carbocycles. The number of carbonyl (C=O) groups excluding carboxylic acids is 2. The summed E-state index contributed by atoms with van der Waals surface area (Å²) in [6, 6.07) is 14.2. The number of para-hydroxylation sites is 3. The normalized spacial score (nSPS) is 11.9. The van der Waals surface area contributed by atoms with E-state index in [9.17, 15) is 9.59 Å². The number of fused-ring (bicyclic) bond motifs is 1. The fourth-order valence-corrected chi connectivity index (χ4v) is 2.53. The molecule has 1 N–H and O–H groups in total. The summed E-state index contributed by atoms with van der Waals surface area (Å²) in [5, 5.41) is 3.04. The lowest BCUT2D eigenvalue weighted by Gasteiger charge is -2.14. The van der Waals surface area contributed by atoms with E-state index in [0.717, 1.165) is 5.52 Å². The third kappa shape index (κ3) is 4.40. The molecule has 0 aliphatic carbocycles. The van der Waals surface area contributed by atoms with Crippen molar-refractivity contribution in [3.05, 3.63) is 59.4 Å². The zero-order valence-corrected chi connectivity index (χ0v) is 14.8. The summed E-state index contributed by atoms with van der Waals surface area (Å²) < 4.78 is 10.7. The van der Waals surface area contributed by atoms with E-state index in [4.69, 9.17) is 20.8 Å². The van der Waals surface area contributed by atoms with Gasteiger partial charge in [0.15, 0.2) is 17.6 Å². The van der Waals surface area contributed by atoms with Crippen LogP contribution in [0.3, 0.4) is 0 Å². The van der Waals surface area contributed by atoms with Crippen LogP contribution in [0.2, 0.25) is 5.02 Å². The average Bonchev–Trinajstić information content (AvgIpc) is 3.05. The third-order valence-corrected chi connectivity index (χ3v) is 4.02. The van der Waals surface area contributed by atoms with Crippen molar-refractivity contribution in [1.82, 2.24) is 4.98 Å². The number of aryl methyl sites for hydroxylation is 1. The maximum absolute atomic E-state index is 12.1. The highest BCUT2D eigenvalue weighted by atomic mass is 35.5. The standard InChI is InChI=1S/C19H17ClN2O4/c1-12(19(24)22-14-7-3-2-6-13(14)20)25-18(23)11-10-17-21-15-8-4-5-9-16(15)26-17/h2-9,12H,10-11H2,1H3,(H,22,24)/t12-/m1/s1. The van der Waals surface area contributed by atoms with Crippen molar-refractivity contribution in [3.8, 4) is 0 Å². The third-order valence-electron chi connectivity index (χ3n) is 3.69. The van der Waals surface area contributed by atoms with Crippen LogP contribution >= 0.6 is 11.6 Å². The minimum Gasteiger partial charge on any atom is -0.453 e. The number of benzene rings is 2. The molecule has 3 aromatic rings. The van der Waals surface area contributed by atoms with Gasteiger partial charge in [0.05, 0.1) is 17.1 Å². The second-order valence-corrected chi connectivity index (χ2v) is 6.08. The number of amides is 1. The number of esters is 1. The predicted octanol–water partition coefficient (Wildman–Crippen LogP) is 3.98. The largest absolute Gasteiger partial charge is 0.453 e. The summed E-state index contributed by atoms with van der Waals surface area (Å²) in [5.41, 5.74) is 1.88. The number of nitrogens with one attached hydrogen (secondary N) is 1. The molecular formula is C19H17ClN2O4.